The Labute approximate surface area is 68.4 Å². The van der Waals surface area contributed by atoms with Crippen molar-refractivity contribution in [2.75, 3.05) is 7.05 Å². The Bertz CT molecular complexity index is 117. The normalized spacial score (nSPS) is 40.9. The Morgan fingerprint density at radius 3 is 2.09 bits per heavy atom. The molecular formula is C8H18N2O. The number of aliphatic hydroxyl groups excluding tert-OH is 1. The Hall–Kier alpha value is -0.120. The molecule has 0 radical (unpaired) electrons. The maximum Gasteiger partial charge on any atom is 0.0571 e. The van der Waals surface area contributed by atoms with E-state index in [1.807, 2.05) is 7.05 Å². The van der Waals surface area contributed by atoms with Crippen molar-refractivity contribution in [1.82, 2.24) is 10.4 Å². The molecule has 2 atom stereocenters. The van der Waals surface area contributed by atoms with Crippen molar-refractivity contribution in [3.63, 3.8) is 0 Å². The molecule has 0 amide bonds. The molecule has 1 rings (SSSR count). The topological polar surface area (TPSA) is 35.5 Å². The first-order valence-electron chi connectivity index (χ1n) is 4.29. The number of aliphatic hydroxyl groups is 1. The number of nitrogens with zero attached hydrogens (tertiary/aromatic N) is 1. The van der Waals surface area contributed by atoms with Gasteiger partial charge in [0.25, 0.3) is 0 Å². The fourth-order valence-electron chi connectivity index (χ4n) is 1.99. The number of rotatable bonds is 1. The van der Waals surface area contributed by atoms with Gasteiger partial charge in [-0.1, -0.05) is 0 Å². The monoisotopic (exact) mass is 158 g/mol. The standard InChI is InChI=1S/C8H18N2O/c1-6-4-8(11)5-7(2)10(6)9-3/h6-9,11H,4-5H2,1-3H3. The zero-order chi connectivity index (χ0) is 8.43. The molecule has 3 nitrogen and oxygen atoms in total. The minimum absolute atomic E-state index is 0.107. The van der Waals surface area contributed by atoms with Crippen LogP contribution in [-0.4, -0.2) is 35.4 Å². The van der Waals surface area contributed by atoms with Gasteiger partial charge in [-0.25, -0.2) is 5.01 Å². The van der Waals surface area contributed by atoms with Crippen LogP contribution in [0.25, 0.3) is 0 Å². The zero-order valence-corrected chi connectivity index (χ0v) is 7.54. The molecule has 1 saturated heterocycles. The van der Waals surface area contributed by atoms with Gasteiger partial charge in [0.2, 0.25) is 0 Å². The summed E-state index contributed by atoms with van der Waals surface area (Å²) < 4.78 is 0. The summed E-state index contributed by atoms with van der Waals surface area (Å²) in [7, 11) is 1.94. The molecule has 11 heavy (non-hydrogen) atoms. The molecule has 1 fully saturated rings. The predicted octanol–water partition coefficient (Wildman–Crippen LogP) is 0.354. The Morgan fingerprint density at radius 2 is 1.73 bits per heavy atom. The lowest BCUT2D eigenvalue weighted by Gasteiger charge is -2.40. The van der Waals surface area contributed by atoms with E-state index >= 15 is 0 Å². The molecular weight excluding hydrogens is 140 g/mol. The molecule has 0 aromatic carbocycles. The lowest BCUT2D eigenvalue weighted by molar-refractivity contribution is -0.0124. The molecule has 0 bridgehead atoms. The highest BCUT2D eigenvalue weighted by molar-refractivity contribution is 4.81. The first-order chi connectivity index (χ1) is 5.15. The van der Waals surface area contributed by atoms with Gasteiger partial charge in [-0.05, 0) is 33.7 Å². The Kier molecular flexibility index (Phi) is 2.87. The van der Waals surface area contributed by atoms with E-state index in [2.05, 4.69) is 24.3 Å². The molecule has 0 aromatic heterocycles. The molecule has 0 aromatic rings. The van der Waals surface area contributed by atoms with Crippen LogP contribution < -0.4 is 5.43 Å². The average Bonchev–Trinajstić information content (AvgIpc) is 1.85. The third kappa shape index (κ3) is 1.92. The maximum absolute atomic E-state index is 9.41. The lowest BCUT2D eigenvalue weighted by Crippen LogP contribution is -2.53. The van der Waals surface area contributed by atoms with Crippen LogP contribution >= 0.6 is 0 Å². The van der Waals surface area contributed by atoms with E-state index in [0.29, 0.717) is 12.1 Å². The summed E-state index contributed by atoms with van der Waals surface area (Å²) >= 11 is 0. The first-order valence-corrected chi connectivity index (χ1v) is 4.29. The summed E-state index contributed by atoms with van der Waals surface area (Å²) in [6.45, 7) is 4.27. The smallest absolute Gasteiger partial charge is 0.0571 e. The van der Waals surface area contributed by atoms with Crippen LogP contribution in [0.5, 0.6) is 0 Å². The van der Waals surface area contributed by atoms with E-state index in [-0.39, 0.29) is 6.10 Å². The van der Waals surface area contributed by atoms with E-state index in [9.17, 15) is 5.11 Å². The van der Waals surface area contributed by atoms with E-state index < -0.39 is 0 Å². The SMILES string of the molecule is CNN1C(C)CC(O)CC1C. The zero-order valence-electron chi connectivity index (χ0n) is 7.54. The van der Waals surface area contributed by atoms with Gasteiger partial charge >= 0.3 is 0 Å². The van der Waals surface area contributed by atoms with Gasteiger partial charge in [-0.15, -0.1) is 0 Å². The van der Waals surface area contributed by atoms with E-state index in [0.717, 1.165) is 12.8 Å². The number of nitrogens with one attached hydrogen (secondary N) is 1. The highest BCUT2D eigenvalue weighted by atomic mass is 16.3. The summed E-state index contributed by atoms with van der Waals surface area (Å²) in [6.07, 6.45) is 1.65. The third-order valence-electron chi connectivity index (χ3n) is 2.43. The molecule has 0 spiro atoms. The van der Waals surface area contributed by atoms with Crippen LogP contribution in [0.1, 0.15) is 26.7 Å². The summed E-state index contributed by atoms with van der Waals surface area (Å²) in [6, 6.07) is 0.887. The lowest BCUT2D eigenvalue weighted by atomic mass is 9.97. The van der Waals surface area contributed by atoms with Gasteiger partial charge in [0.1, 0.15) is 0 Å². The number of hydrogen-bond acceptors (Lipinski definition) is 3. The van der Waals surface area contributed by atoms with Gasteiger partial charge in [0.15, 0.2) is 0 Å². The highest BCUT2D eigenvalue weighted by Crippen LogP contribution is 2.20. The van der Waals surface area contributed by atoms with E-state index in [1.165, 1.54) is 0 Å². The average molecular weight is 158 g/mol. The molecule has 3 heteroatoms. The van der Waals surface area contributed by atoms with Gasteiger partial charge in [-0.2, -0.15) is 0 Å². The van der Waals surface area contributed by atoms with Crippen molar-refractivity contribution >= 4 is 0 Å². The van der Waals surface area contributed by atoms with Crippen LogP contribution in [-0.2, 0) is 0 Å². The summed E-state index contributed by atoms with van der Waals surface area (Å²) in [5.74, 6) is 0. The molecule has 66 valence electrons. The largest absolute Gasteiger partial charge is 0.393 e. The van der Waals surface area contributed by atoms with Crippen molar-refractivity contribution in [1.29, 1.82) is 0 Å². The Morgan fingerprint density at radius 1 is 1.27 bits per heavy atom. The van der Waals surface area contributed by atoms with Crippen LogP contribution in [0.4, 0.5) is 0 Å². The van der Waals surface area contributed by atoms with Crippen molar-refractivity contribution in [3.05, 3.63) is 0 Å². The summed E-state index contributed by atoms with van der Waals surface area (Å²) in [5.41, 5.74) is 3.15. The molecule has 1 heterocycles. The fourth-order valence-corrected chi connectivity index (χ4v) is 1.99. The summed E-state index contributed by atoms with van der Waals surface area (Å²) in [4.78, 5) is 0. The minimum Gasteiger partial charge on any atom is -0.393 e. The number of hydrazine groups is 1. The minimum atomic E-state index is -0.107. The van der Waals surface area contributed by atoms with E-state index in [4.69, 9.17) is 0 Å². The Balaban J connectivity index is 2.52. The summed E-state index contributed by atoms with van der Waals surface area (Å²) in [5, 5.41) is 11.6. The van der Waals surface area contributed by atoms with Crippen molar-refractivity contribution in [2.45, 2.75) is 44.9 Å². The highest BCUT2D eigenvalue weighted by Gasteiger charge is 2.28. The number of hydrogen-bond donors (Lipinski definition) is 2. The molecule has 2 unspecified atom stereocenters. The quantitative estimate of drug-likeness (QED) is 0.578. The molecule has 2 N–H and O–H groups in total. The van der Waals surface area contributed by atoms with Crippen molar-refractivity contribution < 1.29 is 5.11 Å². The second-order valence-electron chi connectivity index (χ2n) is 3.45. The van der Waals surface area contributed by atoms with Gasteiger partial charge < -0.3 is 5.11 Å². The van der Waals surface area contributed by atoms with Gasteiger partial charge in [-0.3, -0.25) is 5.43 Å². The van der Waals surface area contributed by atoms with Crippen LogP contribution in [0.3, 0.4) is 0 Å². The second kappa shape index (κ2) is 3.52. The second-order valence-corrected chi connectivity index (χ2v) is 3.45. The molecule has 0 aliphatic carbocycles. The van der Waals surface area contributed by atoms with Gasteiger partial charge in [0.05, 0.1) is 6.10 Å². The third-order valence-corrected chi connectivity index (χ3v) is 2.43. The molecule has 0 saturated carbocycles. The van der Waals surface area contributed by atoms with E-state index in [1.54, 1.807) is 0 Å². The van der Waals surface area contributed by atoms with Crippen molar-refractivity contribution in [2.24, 2.45) is 0 Å². The van der Waals surface area contributed by atoms with Crippen LogP contribution in [0, 0.1) is 0 Å². The molecule has 1 aliphatic rings. The van der Waals surface area contributed by atoms with Gasteiger partial charge in [0, 0.05) is 12.1 Å². The molecule has 1 aliphatic heterocycles. The van der Waals surface area contributed by atoms with Crippen LogP contribution in [0.2, 0.25) is 0 Å². The number of piperidine rings is 1. The first kappa shape index (κ1) is 8.97. The fraction of sp³-hybridized carbons (Fsp3) is 1.00. The van der Waals surface area contributed by atoms with Crippen molar-refractivity contribution in [3.8, 4) is 0 Å². The van der Waals surface area contributed by atoms with Crippen LogP contribution in [0.15, 0.2) is 0 Å². The maximum atomic E-state index is 9.41. The predicted molar refractivity (Wildman–Crippen MR) is 45.1 cm³/mol.